The van der Waals surface area contributed by atoms with E-state index in [-0.39, 0.29) is 11.1 Å². The van der Waals surface area contributed by atoms with Gasteiger partial charge in [-0.05, 0) is 97.2 Å². The molecule has 0 unspecified atom stereocenters. The van der Waals surface area contributed by atoms with Crippen LogP contribution in [0.3, 0.4) is 0 Å². The SMILES string of the molecule is CC(C)CCc1cc(F)c(-c2ccc(-c3ccc(-c4ccc(-c5c(F)cc(CCC(C)C)cc5F)s4)c4nsnc34)s2)c(F)c1. The number of nitrogens with zero attached hydrogens (tertiary/aromatic N) is 2. The Morgan fingerprint density at radius 3 is 1.24 bits per heavy atom. The molecule has 0 saturated heterocycles. The first-order chi connectivity index (χ1) is 21.6. The highest BCUT2D eigenvalue weighted by Crippen LogP contribution is 2.44. The summed E-state index contributed by atoms with van der Waals surface area (Å²) in [5.74, 6) is -1.37. The fraction of sp³-hybridized carbons (Fsp3) is 0.278. The molecule has 0 atom stereocenters. The first-order valence-corrected chi connectivity index (χ1v) is 17.4. The topological polar surface area (TPSA) is 25.8 Å². The Hall–Kier alpha value is -3.40. The molecular formula is C36H32F4N2S3. The standard InChI is InChI=1S/C36H32F4N2S3/c1-19(2)5-7-21-15-25(37)33(26(38)16-21)31-13-11-29(43-31)23-9-10-24(36-35(23)41-45-42-36)30-12-14-32(44-30)34-27(39)17-22(18-28(34)40)8-6-20(3)4/h9-20H,5-8H2,1-4H3. The molecule has 0 amide bonds. The molecular weight excluding hydrogens is 633 g/mol. The maximum Gasteiger partial charge on any atom is 0.135 e. The van der Waals surface area contributed by atoms with Crippen molar-refractivity contribution in [2.45, 2.75) is 53.4 Å². The van der Waals surface area contributed by atoms with Crippen LogP contribution in [-0.2, 0) is 12.8 Å². The Bertz CT molecular complexity index is 1800. The molecule has 232 valence electrons. The van der Waals surface area contributed by atoms with Gasteiger partial charge < -0.3 is 0 Å². The third-order valence-corrected chi connectivity index (χ3v) is 10.7. The Morgan fingerprint density at radius 1 is 0.533 bits per heavy atom. The Kier molecular flexibility index (Phi) is 9.22. The highest BCUT2D eigenvalue weighted by molar-refractivity contribution is 7.19. The molecule has 0 spiro atoms. The lowest BCUT2D eigenvalue weighted by Gasteiger charge is -2.09. The van der Waals surface area contributed by atoms with Crippen LogP contribution < -0.4 is 0 Å². The van der Waals surface area contributed by atoms with Crippen LogP contribution in [0.5, 0.6) is 0 Å². The first-order valence-electron chi connectivity index (χ1n) is 15.0. The van der Waals surface area contributed by atoms with Crippen molar-refractivity contribution in [2.75, 3.05) is 0 Å². The molecule has 3 aromatic heterocycles. The fourth-order valence-corrected chi connectivity index (χ4v) is 8.15. The number of hydrogen-bond acceptors (Lipinski definition) is 5. The number of fused-ring (bicyclic) bond motifs is 1. The van der Waals surface area contributed by atoms with Gasteiger partial charge in [-0.3, -0.25) is 0 Å². The third-order valence-electron chi connectivity index (χ3n) is 7.88. The lowest BCUT2D eigenvalue weighted by Crippen LogP contribution is -1.96. The van der Waals surface area contributed by atoms with Gasteiger partial charge in [-0.2, -0.15) is 8.75 Å². The molecule has 9 heteroatoms. The van der Waals surface area contributed by atoms with E-state index in [0.29, 0.717) is 56.6 Å². The monoisotopic (exact) mass is 664 g/mol. The van der Waals surface area contributed by atoms with Gasteiger partial charge in [0, 0.05) is 30.6 Å². The average molecular weight is 665 g/mol. The minimum Gasteiger partial charge on any atom is -0.206 e. The number of aromatic nitrogens is 2. The van der Waals surface area contributed by atoms with E-state index in [2.05, 4.69) is 36.4 Å². The van der Waals surface area contributed by atoms with Crippen molar-refractivity contribution in [2.24, 2.45) is 11.8 Å². The van der Waals surface area contributed by atoms with Gasteiger partial charge in [0.25, 0.3) is 0 Å². The van der Waals surface area contributed by atoms with E-state index in [4.69, 9.17) is 0 Å². The van der Waals surface area contributed by atoms with Crippen molar-refractivity contribution in [1.29, 1.82) is 0 Å². The minimum atomic E-state index is -0.565. The van der Waals surface area contributed by atoms with Crippen LogP contribution in [0.15, 0.2) is 60.7 Å². The molecule has 3 aromatic carbocycles. The second-order valence-electron chi connectivity index (χ2n) is 12.2. The van der Waals surface area contributed by atoms with Crippen LogP contribution in [0.4, 0.5) is 17.6 Å². The number of aryl methyl sites for hydroxylation is 2. The highest BCUT2D eigenvalue weighted by atomic mass is 32.1. The summed E-state index contributed by atoms with van der Waals surface area (Å²) in [6, 6.07) is 16.7. The molecule has 45 heavy (non-hydrogen) atoms. The predicted molar refractivity (Wildman–Crippen MR) is 181 cm³/mol. The molecule has 0 N–H and O–H groups in total. The molecule has 2 nitrogen and oxygen atoms in total. The van der Waals surface area contributed by atoms with Crippen molar-refractivity contribution in [3.8, 4) is 41.8 Å². The van der Waals surface area contributed by atoms with Gasteiger partial charge in [-0.25, -0.2) is 17.6 Å². The van der Waals surface area contributed by atoms with E-state index < -0.39 is 23.3 Å². The molecule has 0 aliphatic rings. The van der Waals surface area contributed by atoms with Crippen LogP contribution in [0, 0.1) is 35.1 Å². The van der Waals surface area contributed by atoms with E-state index in [1.807, 2.05) is 24.3 Å². The minimum absolute atomic E-state index is 0.0256. The first kappa shape index (κ1) is 31.6. The molecule has 6 aromatic rings. The van der Waals surface area contributed by atoms with E-state index in [0.717, 1.165) is 45.5 Å². The van der Waals surface area contributed by atoms with Gasteiger partial charge in [-0.1, -0.05) is 39.8 Å². The molecule has 0 bridgehead atoms. The van der Waals surface area contributed by atoms with E-state index in [1.54, 1.807) is 12.1 Å². The normalized spacial score (nSPS) is 11.9. The number of hydrogen-bond donors (Lipinski definition) is 0. The quantitative estimate of drug-likeness (QED) is 0.136. The molecule has 6 rings (SSSR count). The van der Waals surface area contributed by atoms with Crippen molar-refractivity contribution >= 4 is 45.4 Å². The smallest absolute Gasteiger partial charge is 0.135 e. The molecule has 0 saturated carbocycles. The third kappa shape index (κ3) is 6.62. The zero-order valence-corrected chi connectivity index (χ0v) is 27.8. The van der Waals surface area contributed by atoms with E-state index in [1.165, 1.54) is 46.9 Å². The molecule has 0 aliphatic carbocycles. The van der Waals surface area contributed by atoms with E-state index in [9.17, 15) is 0 Å². The Balaban J connectivity index is 1.30. The van der Waals surface area contributed by atoms with Crippen molar-refractivity contribution < 1.29 is 17.6 Å². The summed E-state index contributed by atoms with van der Waals surface area (Å²) < 4.78 is 69.6. The van der Waals surface area contributed by atoms with Crippen LogP contribution in [0.2, 0.25) is 0 Å². The largest absolute Gasteiger partial charge is 0.206 e. The number of benzene rings is 3. The van der Waals surface area contributed by atoms with Gasteiger partial charge in [0.15, 0.2) is 0 Å². The second kappa shape index (κ2) is 13.1. The zero-order chi connectivity index (χ0) is 31.8. The Labute approximate surface area is 272 Å². The van der Waals surface area contributed by atoms with Gasteiger partial charge >= 0.3 is 0 Å². The molecule has 0 fully saturated rings. The molecule has 0 radical (unpaired) electrons. The second-order valence-corrected chi connectivity index (χ2v) is 14.9. The summed E-state index contributed by atoms with van der Waals surface area (Å²) in [6.45, 7) is 8.35. The van der Waals surface area contributed by atoms with E-state index >= 15 is 17.6 Å². The maximum atomic E-state index is 15.1. The summed E-state index contributed by atoms with van der Waals surface area (Å²) in [5.41, 5.74) is 4.20. The van der Waals surface area contributed by atoms with Crippen molar-refractivity contribution in [1.82, 2.24) is 8.75 Å². The summed E-state index contributed by atoms with van der Waals surface area (Å²) >= 11 is 3.67. The summed E-state index contributed by atoms with van der Waals surface area (Å²) in [6.07, 6.45) is 2.98. The number of halogens is 4. The lowest BCUT2D eigenvalue weighted by molar-refractivity contribution is 0.567. The summed E-state index contributed by atoms with van der Waals surface area (Å²) in [4.78, 5) is 2.62. The number of thiophene rings is 2. The Morgan fingerprint density at radius 2 is 0.889 bits per heavy atom. The maximum absolute atomic E-state index is 15.1. The van der Waals surface area contributed by atoms with Gasteiger partial charge in [0.2, 0.25) is 0 Å². The number of rotatable bonds is 10. The van der Waals surface area contributed by atoms with Crippen molar-refractivity contribution in [3.05, 3.63) is 95.1 Å². The van der Waals surface area contributed by atoms with Crippen molar-refractivity contribution in [3.63, 3.8) is 0 Å². The van der Waals surface area contributed by atoms with Gasteiger partial charge in [0.1, 0.15) is 34.3 Å². The average Bonchev–Trinajstić information content (AvgIpc) is 3.76. The summed E-state index contributed by atoms with van der Waals surface area (Å²) in [5, 5.41) is 0. The zero-order valence-electron chi connectivity index (χ0n) is 25.4. The van der Waals surface area contributed by atoms with Gasteiger partial charge in [0.05, 0.1) is 22.9 Å². The van der Waals surface area contributed by atoms with Crippen LogP contribution in [0.25, 0.3) is 52.8 Å². The van der Waals surface area contributed by atoms with Crippen LogP contribution in [-0.4, -0.2) is 8.75 Å². The van der Waals surface area contributed by atoms with Crippen LogP contribution in [0.1, 0.15) is 51.7 Å². The predicted octanol–water partition coefficient (Wildman–Crippen LogP) is 12.2. The lowest BCUT2D eigenvalue weighted by atomic mass is 10.0. The fourth-order valence-electron chi connectivity index (χ4n) is 5.42. The van der Waals surface area contributed by atoms with Gasteiger partial charge in [-0.15, -0.1) is 22.7 Å². The summed E-state index contributed by atoms with van der Waals surface area (Å²) in [7, 11) is 0. The molecule has 3 heterocycles. The van der Waals surface area contributed by atoms with Crippen LogP contribution >= 0.6 is 34.4 Å². The molecule has 0 aliphatic heterocycles. The highest BCUT2D eigenvalue weighted by Gasteiger charge is 2.21.